The molecule has 1 aromatic heterocycles. The third-order valence-corrected chi connectivity index (χ3v) is 1.85. The molecule has 1 N–H and O–H groups in total. The number of amides is 1. The number of nitrogens with zero attached hydrogens (tertiary/aromatic N) is 2. The average molecular weight is 227 g/mol. The summed E-state index contributed by atoms with van der Waals surface area (Å²) in [4.78, 5) is 18.5. The summed E-state index contributed by atoms with van der Waals surface area (Å²) in [6.07, 6.45) is -0.197. The number of rotatable bonds is 4. The van der Waals surface area contributed by atoms with Crippen molar-refractivity contribution in [1.29, 1.82) is 0 Å². The van der Waals surface area contributed by atoms with Crippen molar-refractivity contribution in [2.24, 2.45) is 0 Å². The molecule has 0 fully saturated rings. The van der Waals surface area contributed by atoms with Crippen LogP contribution in [0.15, 0.2) is 24.7 Å². The first-order valence-corrected chi connectivity index (χ1v) is 4.63. The number of hydrogen-bond acceptors (Lipinski definition) is 3. The van der Waals surface area contributed by atoms with E-state index in [1.165, 1.54) is 0 Å². The van der Waals surface area contributed by atoms with Crippen LogP contribution in [0.25, 0.3) is 0 Å². The normalized spacial score (nSPS) is 10.2. The fraction of sp³-hybridized carbons (Fsp3) is 0.300. The molecule has 0 atom stereocenters. The third kappa shape index (κ3) is 3.08. The highest BCUT2D eigenvalue weighted by Gasteiger charge is 2.12. The molecule has 4 nitrogen and oxygen atoms in total. The fourth-order valence-corrected chi connectivity index (χ4v) is 0.881. The molecule has 1 amide bonds. The zero-order chi connectivity index (χ0) is 12.1. The van der Waals surface area contributed by atoms with Gasteiger partial charge in [-0.15, -0.1) is 0 Å². The van der Waals surface area contributed by atoms with E-state index in [-0.39, 0.29) is 5.69 Å². The molecule has 0 saturated carbocycles. The Morgan fingerprint density at radius 3 is 2.62 bits per heavy atom. The lowest BCUT2D eigenvalue weighted by Crippen LogP contribution is -2.23. The molecule has 6 heteroatoms. The standard InChI is InChI=1S/C10H11F2N3O/c1-3-6(2)15-10(16)8-5-13-7(4-14-8)9(11)12/h4-5,9H,2-3H2,1H3,(H,15,16). The van der Waals surface area contributed by atoms with Crippen LogP contribution < -0.4 is 5.32 Å². The highest BCUT2D eigenvalue weighted by Crippen LogP contribution is 2.14. The van der Waals surface area contributed by atoms with Gasteiger partial charge in [0.2, 0.25) is 0 Å². The Balaban J connectivity index is 2.74. The number of aromatic nitrogens is 2. The van der Waals surface area contributed by atoms with Gasteiger partial charge in [-0.25, -0.2) is 13.8 Å². The van der Waals surface area contributed by atoms with Crippen LogP contribution >= 0.6 is 0 Å². The lowest BCUT2D eigenvalue weighted by Gasteiger charge is -2.05. The van der Waals surface area contributed by atoms with Crippen LogP contribution in [0.1, 0.15) is 36.0 Å². The molecule has 0 aromatic carbocycles. The maximum atomic E-state index is 12.1. The first-order valence-electron chi connectivity index (χ1n) is 4.63. The third-order valence-electron chi connectivity index (χ3n) is 1.85. The molecule has 1 aromatic rings. The van der Waals surface area contributed by atoms with Crippen LogP contribution in [0.2, 0.25) is 0 Å². The minimum Gasteiger partial charge on any atom is -0.325 e. The number of nitrogens with one attached hydrogen (secondary N) is 1. The van der Waals surface area contributed by atoms with Crippen molar-refractivity contribution in [3.8, 4) is 0 Å². The summed E-state index contributed by atoms with van der Waals surface area (Å²) in [5.74, 6) is -0.500. The van der Waals surface area contributed by atoms with E-state index in [9.17, 15) is 13.6 Å². The van der Waals surface area contributed by atoms with Crippen LogP contribution in [0.5, 0.6) is 0 Å². The number of alkyl halides is 2. The van der Waals surface area contributed by atoms with Crippen molar-refractivity contribution in [2.75, 3.05) is 0 Å². The second-order valence-corrected chi connectivity index (χ2v) is 3.04. The van der Waals surface area contributed by atoms with Gasteiger partial charge in [0.1, 0.15) is 11.4 Å². The van der Waals surface area contributed by atoms with E-state index in [1.807, 2.05) is 6.92 Å². The van der Waals surface area contributed by atoms with Crippen molar-refractivity contribution in [3.63, 3.8) is 0 Å². The topological polar surface area (TPSA) is 54.9 Å². The monoisotopic (exact) mass is 227 g/mol. The Kier molecular flexibility index (Phi) is 4.04. The molecular formula is C10H11F2N3O. The minimum absolute atomic E-state index is 0.0148. The van der Waals surface area contributed by atoms with Crippen molar-refractivity contribution in [2.45, 2.75) is 19.8 Å². The SMILES string of the molecule is C=C(CC)NC(=O)c1cnc(C(F)F)cn1. The zero-order valence-corrected chi connectivity index (χ0v) is 8.70. The van der Waals surface area contributed by atoms with Gasteiger partial charge in [-0.3, -0.25) is 9.78 Å². The summed E-state index contributed by atoms with van der Waals surface area (Å²) >= 11 is 0. The zero-order valence-electron chi connectivity index (χ0n) is 8.70. The predicted molar refractivity (Wildman–Crippen MR) is 53.9 cm³/mol. The van der Waals surface area contributed by atoms with Crippen LogP contribution in [0, 0.1) is 0 Å². The number of allylic oxidation sites excluding steroid dienone is 1. The average Bonchev–Trinajstić information content (AvgIpc) is 2.28. The number of halogens is 2. The summed E-state index contributed by atoms with van der Waals surface area (Å²) in [6.45, 7) is 5.41. The van der Waals surface area contributed by atoms with Crippen molar-refractivity contribution >= 4 is 5.91 Å². The molecule has 1 rings (SSSR count). The van der Waals surface area contributed by atoms with Gasteiger partial charge < -0.3 is 5.32 Å². The first kappa shape index (κ1) is 12.2. The lowest BCUT2D eigenvalue weighted by atomic mass is 10.3. The molecule has 16 heavy (non-hydrogen) atoms. The molecular weight excluding hydrogens is 216 g/mol. The summed E-state index contributed by atoms with van der Waals surface area (Å²) in [6, 6.07) is 0. The Bertz CT molecular complexity index is 390. The molecule has 0 aliphatic heterocycles. The highest BCUT2D eigenvalue weighted by atomic mass is 19.3. The van der Waals surface area contributed by atoms with Gasteiger partial charge in [0, 0.05) is 5.70 Å². The van der Waals surface area contributed by atoms with Crippen molar-refractivity contribution in [3.05, 3.63) is 36.1 Å². The smallest absolute Gasteiger partial charge is 0.281 e. The molecule has 1 heterocycles. The molecule has 86 valence electrons. The second-order valence-electron chi connectivity index (χ2n) is 3.04. The number of hydrogen-bond donors (Lipinski definition) is 1. The van der Waals surface area contributed by atoms with Gasteiger partial charge in [0.25, 0.3) is 12.3 Å². The van der Waals surface area contributed by atoms with Gasteiger partial charge in [0.05, 0.1) is 12.4 Å². The molecule has 0 aliphatic carbocycles. The van der Waals surface area contributed by atoms with Crippen LogP contribution in [-0.2, 0) is 0 Å². The van der Waals surface area contributed by atoms with E-state index in [0.29, 0.717) is 12.1 Å². The largest absolute Gasteiger partial charge is 0.325 e. The first-order chi connectivity index (χ1) is 7.54. The van der Waals surface area contributed by atoms with E-state index in [0.717, 1.165) is 12.4 Å². The van der Waals surface area contributed by atoms with Gasteiger partial charge in [-0.1, -0.05) is 13.5 Å². The van der Waals surface area contributed by atoms with Crippen molar-refractivity contribution < 1.29 is 13.6 Å². The van der Waals surface area contributed by atoms with Crippen molar-refractivity contribution in [1.82, 2.24) is 15.3 Å². The summed E-state index contributed by atoms with van der Waals surface area (Å²) in [5.41, 5.74) is 0.0644. The van der Waals surface area contributed by atoms with E-state index in [1.54, 1.807) is 0 Å². The van der Waals surface area contributed by atoms with Crippen LogP contribution in [0.3, 0.4) is 0 Å². The van der Waals surface area contributed by atoms with Crippen LogP contribution in [-0.4, -0.2) is 15.9 Å². The van der Waals surface area contributed by atoms with Gasteiger partial charge in [-0.05, 0) is 6.42 Å². The molecule has 0 saturated heterocycles. The maximum Gasteiger partial charge on any atom is 0.281 e. The summed E-state index contributed by atoms with van der Waals surface area (Å²) < 4.78 is 24.3. The molecule has 0 spiro atoms. The number of carbonyl (C=O) groups is 1. The minimum atomic E-state index is -2.68. The van der Waals surface area contributed by atoms with Gasteiger partial charge >= 0.3 is 0 Å². The molecule has 0 radical (unpaired) electrons. The fourth-order valence-electron chi connectivity index (χ4n) is 0.881. The maximum absolute atomic E-state index is 12.1. The lowest BCUT2D eigenvalue weighted by molar-refractivity contribution is 0.0958. The van der Waals surface area contributed by atoms with Crippen LogP contribution in [0.4, 0.5) is 8.78 Å². The predicted octanol–water partition coefficient (Wildman–Crippen LogP) is 2.07. The van der Waals surface area contributed by atoms with Gasteiger partial charge in [0.15, 0.2) is 0 Å². The van der Waals surface area contributed by atoms with E-state index in [4.69, 9.17) is 0 Å². The number of carbonyl (C=O) groups excluding carboxylic acids is 1. The quantitative estimate of drug-likeness (QED) is 0.856. The summed E-state index contributed by atoms with van der Waals surface area (Å²) in [5, 5.41) is 2.47. The Hall–Kier alpha value is -1.85. The second kappa shape index (κ2) is 5.29. The van der Waals surface area contributed by atoms with E-state index < -0.39 is 18.0 Å². The molecule has 0 aliphatic rings. The Labute approximate surface area is 91.4 Å². The Morgan fingerprint density at radius 2 is 2.19 bits per heavy atom. The molecule has 0 unspecified atom stereocenters. The Morgan fingerprint density at radius 1 is 1.50 bits per heavy atom. The van der Waals surface area contributed by atoms with E-state index >= 15 is 0 Å². The summed E-state index contributed by atoms with van der Waals surface area (Å²) in [7, 11) is 0. The van der Waals surface area contributed by atoms with Gasteiger partial charge in [-0.2, -0.15) is 0 Å². The highest BCUT2D eigenvalue weighted by molar-refractivity contribution is 5.93. The van der Waals surface area contributed by atoms with E-state index in [2.05, 4.69) is 21.9 Å². The molecule has 0 bridgehead atoms.